The summed E-state index contributed by atoms with van der Waals surface area (Å²) in [6, 6.07) is 14.8. The number of ether oxygens (including phenoxy) is 1. The molecule has 0 amide bonds. The van der Waals surface area contributed by atoms with E-state index in [0.717, 1.165) is 34.5 Å². The number of halogens is 1. The first-order valence-electron chi connectivity index (χ1n) is 10.0. The van der Waals surface area contributed by atoms with Crippen molar-refractivity contribution in [3.8, 4) is 5.75 Å². The molecule has 2 aromatic carbocycles. The Morgan fingerprint density at radius 1 is 1.28 bits per heavy atom. The van der Waals surface area contributed by atoms with Gasteiger partial charge in [-0.25, -0.2) is 0 Å². The SMILES string of the molecule is CCC(=O)C=C(C)N1N=C2c3cc(OC)ccc3CCC2C1c1ccc(Br)cc1. The Hall–Kier alpha value is -2.40. The smallest absolute Gasteiger partial charge is 0.157 e. The number of ketones is 1. The third-order valence-corrected chi connectivity index (χ3v) is 6.35. The molecule has 0 aromatic heterocycles. The molecule has 0 saturated carbocycles. The Balaban J connectivity index is 1.82. The zero-order valence-corrected chi connectivity index (χ0v) is 18.6. The van der Waals surface area contributed by atoms with Gasteiger partial charge in [-0.3, -0.25) is 9.80 Å². The average Bonchev–Trinajstić information content (AvgIpc) is 3.14. The predicted octanol–water partition coefficient (Wildman–Crippen LogP) is 5.66. The molecule has 29 heavy (non-hydrogen) atoms. The van der Waals surface area contributed by atoms with Crippen LogP contribution in [0.25, 0.3) is 0 Å². The van der Waals surface area contributed by atoms with Crippen molar-refractivity contribution in [1.82, 2.24) is 5.01 Å². The monoisotopic (exact) mass is 452 g/mol. The number of aryl methyl sites for hydroxylation is 1. The van der Waals surface area contributed by atoms with E-state index < -0.39 is 0 Å². The van der Waals surface area contributed by atoms with Crippen molar-refractivity contribution in [3.05, 3.63) is 75.4 Å². The summed E-state index contributed by atoms with van der Waals surface area (Å²) in [6.07, 6.45) is 4.26. The van der Waals surface area contributed by atoms with Gasteiger partial charge in [-0.1, -0.05) is 41.1 Å². The summed E-state index contributed by atoms with van der Waals surface area (Å²) in [5, 5.41) is 7.10. The second-order valence-electron chi connectivity index (χ2n) is 7.60. The molecule has 0 saturated heterocycles. The van der Waals surface area contributed by atoms with Crippen molar-refractivity contribution < 1.29 is 9.53 Å². The Morgan fingerprint density at radius 3 is 2.72 bits per heavy atom. The lowest BCUT2D eigenvalue weighted by Crippen LogP contribution is -2.28. The van der Waals surface area contributed by atoms with E-state index in [0.29, 0.717) is 6.42 Å². The zero-order chi connectivity index (χ0) is 20.5. The molecule has 0 N–H and O–H groups in total. The van der Waals surface area contributed by atoms with Crippen molar-refractivity contribution >= 4 is 27.4 Å². The highest BCUT2D eigenvalue weighted by Crippen LogP contribution is 2.45. The minimum absolute atomic E-state index is 0.0818. The molecular weight excluding hydrogens is 428 g/mol. The molecule has 0 radical (unpaired) electrons. The Labute approximate surface area is 180 Å². The molecule has 1 aliphatic carbocycles. The molecule has 1 aliphatic heterocycles. The number of rotatable bonds is 5. The van der Waals surface area contributed by atoms with Gasteiger partial charge >= 0.3 is 0 Å². The average molecular weight is 453 g/mol. The minimum Gasteiger partial charge on any atom is -0.497 e. The van der Waals surface area contributed by atoms with E-state index in [9.17, 15) is 4.79 Å². The van der Waals surface area contributed by atoms with E-state index in [2.05, 4.69) is 52.3 Å². The highest BCUT2D eigenvalue weighted by atomic mass is 79.9. The molecular formula is C24H25BrN2O2. The van der Waals surface area contributed by atoms with Crippen LogP contribution in [0.15, 0.2) is 63.8 Å². The standard InChI is InChI=1S/C24H25BrN2O2/c1-4-19(28)13-15(2)27-24(17-5-9-18(25)10-6-17)21-12-8-16-7-11-20(29-3)14-22(16)23(21)26-27/h5-7,9-11,13-14,21,24H,4,8,12H2,1-3H3. The summed E-state index contributed by atoms with van der Waals surface area (Å²) in [5.41, 5.74) is 5.66. The molecule has 1 heterocycles. The summed E-state index contributed by atoms with van der Waals surface area (Å²) >= 11 is 3.53. The maximum atomic E-state index is 12.1. The summed E-state index contributed by atoms with van der Waals surface area (Å²) in [7, 11) is 1.69. The number of carbonyl (C=O) groups excluding carboxylic acids is 1. The number of fused-ring (bicyclic) bond motifs is 3. The molecule has 4 rings (SSSR count). The summed E-state index contributed by atoms with van der Waals surface area (Å²) < 4.78 is 6.52. The van der Waals surface area contributed by atoms with Crippen LogP contribution in [0.2, 0.25) is 0 Å². The molecule has 2 unspecified atom stereocenters. The van der Waals surface area contributed by atoms with Gasteiger partial charge in [0.25, 0.3) is 0 Å². The van der Waals surface area contributed by atoms with Gasteiger partial charge in [0.1, 0.15) is 5.75 Å². The lowest BCUT2D eigenvalue weighted by molar-refractivity contribution is -0.114. The van der Waals surface area contributed by atoms with Crippen molar-refractivity contribution in [1.29, 1.82) is 0 Å². The van der Waals surface area contributed by atoms with E-state index in [1.165, 1.54) is 16.7 Å². The van der Waals surface area contributed by atoms with Gasteiger partial charge < -0.3 is 4.74 Å². The molecule has 2 aromatic rings. The van der Waals surface area contributed by atoms with Crippen LogP contribution in [0, 0.1) is 5.92 Å². The van der Waals surface area contributed by atoms with Crippen molar-refractivity contribution in [3.63, 3.8) is 0 Å². The van der Waals surface area contributed by atoms with E-state index in [1.807, 2.05) is 24.9 Å². The second kappa shape index (κ2) is 8.15. The van der Waals surface area contributed by atoms with E-state index in [4.69, 9.17) is 9.84 Å². The fraction of sp³-hybridized carbons (Fsp3) is 0.333. The van der Waals surface area contributed by atoms with Crippen LogP contribution in [0.1, 0.15) is 49.4 Å². The zero-order valence-electron chi connectivity index (χ0n) is 17.0. The van der Waals surface area contributed by atoms with Crippen molar-refractivity contribution in [2.75, 3.05) is 7.11 Å². The normalized spacial score (nSPS) is 20.8. The molecule has 2 atom stereocenters. The topological polar surface area (TPSA) is 41.9 Å². The van der Waals surface area contributed by atoms with Crippen molar-refractivity contribution in [2.45, 2.75) is 39.2 Å². The number of benzene rings is 2. The summed E-state index contributed by atoms with van der Waals surface area (Å²) in [4.78, 5) is 12.1. The number of nitrogens with zero attached hydrogens (tertiary/aromatic N) is 2. The fourth-order valence-corrected chi connectivity index (χ4v) is 4.57. The van der Waals surface area contributed by atoms with Gasteiger partial charge in [-0.2, -0.15) is 5.10 Å². The first-order valence-corrected chi connectivity index (χ1v) is 10.8. The van der Waals surface area contributed by atoms with Gasteiger partial charge in [0.05, 0.1) is 18.9 Å². The molecule has 0 fully saturated rings. The van der Waals surface area contributed by atoms with Crippen LogP contribution >= 0.6 is 15.9 Å². The number of carbonyl (C=O) groups is 1. The first kappa shape index (κ1) is 19.9. The largest absolute Gasteiger partial charge is 0.497 e. The Kier molecular flexibility index (Phi) is 5.59. The van der Waals surface area contributed by atoms with E-state index >= 15 is 0 Å². The number of hydrazone groups is 1. The third kappa shape index (κ3) is 3.76. The Morgan fingerprint density at radius 2 is 2.03 bits per heavy atom. The maximum absolute atomic E-state index is 12.1. The minimum atomic E-state index is 0.0818. The van der Waals surface area contributed by atoms with Crippen LogP contribution < -0.4 is 4.74 Å². The number of allylic oxidation sites excluding steroid dienone is 2. The molecule has 0 spiro atoms. The molecule has 4 nitrogen and oxygen atoms in total. The van der Waals surface area contributed by atoms with Gasteiger partial charge in [-0.15, -0.1) is 0 Å². The highest BCUT2D eigenvalue weighted by Gasteiger charge is 2.42. The van der Waals surface area contributed by atoms with Crippen LogP contribution in [0.4, 0.5) is 0 Å². The number of hydrogen-bond acceptors (Lipinski definition) is 4. The second-order valence-corrected chi connectivity index (χ2v) is 8.52. The van der Waals surface area contributed by atoms with E-state index in [1.54, 1.807) is 13.2 Å². The first-order chi connectivity index (χ1) is 14.0. The summed E-state index contributed by atoms with van der Waals surface area (Å²) in [6.45, 7) is 3.86. The van der Waals surface area contributed by atoms with E-state index in [-0.39, 0.29) is 17.7 Å². The maximum Gasteiger partial charge on any atom is 0.157 e. The molecule has 5 heteroatoms. The lowest BCUT2D eigenvalue weighted by Gasteiger charge is -2.31. The Bertz CT molecular complexity index is 994. The molecule has 150 valence electrons. The number of methoxy groups -OCH3 is 1. The molecule has 2 aliphatic rings. The van der Waals surface area contributed by atoms with Crippen LogP contribution in [0.3, 0.4) is 0 Å². The van der Waals surface area contributed by atoms with Gasteiger partial charge in [0, 0.05) is 34.1 Å². The lowest BCUT2D eigenvalue weighted by atomic mass is 9.77. The predicted molar refractivity (Wildman–Crippen MR) is 119 cm³/mol. The van der Waals surface area contributed by atoms with Gasteiger partial charge in [-0.05, 0) is 55.2 Å². The summed E-state index contributed by atoms with van der Waals surface area (Å²) in [5.74, 6) is 1.24. The van der Waals surface area contributed by atoms with Gasteiger partial charge in [0.15, 0.2) is 5.78 Å². The van der Waals surface area contributed by atoms with Crippen molar-refractivity contribution in [2.24, 2.45) is 11.0 Å². The quantitative estimate of drug-likeness (QED) is 0.549. The van der Waals surface area contributed by atoms with Crippen LogP contribution in [-0.2, 0) is 11.2 Å². The third-order valence-electron chi connectivity index (χ3n) is 5.82. The molecule has 0 bridgehead atoms. The fourth-order valence-electron chi connectivity index (χ4n) is 4.30. The number of hydrogen-bond donors (Lipinski definition) is 0. The van der Waals surface area contributed by atoms with Crippen LogP contribution in [0.5, 0.6) is 5.75 Å². The van der Waals surface area contributed by atoms with Gasteiger partial charge in [0.2, 0.25) is 0 Å². The van der Waals surface area contributed by atoms with Crippen LogP contribution in [-0.4, -0.2) is 23.6 Å². The highest BCUT2D eigenvalue weighted by molar-refractivity contribution is 9.10.